The Morgan fingerprint density at radius 3 is 2.60 bits per heavy atom. The van der Waals surface area contributed by atoms with Crippen molar-refractivity contribution in [3.8, 4) is 5.75 Å². The third kappa shape index (κ3) is 5.83. The molecule has 0 unspecified atom stereocenters. The zero-order valence-corrected chi connectivity index (χ0v) is 17.1. The summed E-state index contributed by atoms with van der Waals surface area (Å²) >= 11 is 0. The molecule has 7 heteroatoms. The number of hydrogen-bond acceptors (Lipinski definition) is 4. The lowest BCUT2D eigenvalue weighted by molar-refractivity contribution is -0.121. The highest BCUT2D eigenvalue weighted by Crippen LogP contribution is 2.33. The number of piperidine rings is 1. The van der Waals surface area contributed by atoms with Crippen molar-refractivity contribution >= 4 is 29.1 Å². The smallest absolute Gasteiger partial charge is 0.227 e. The molecule has 3 amide bonds. The highest BCUT2D eigenvalue weighted by Gasteiger charge is 2.23. The summed E-state index contributed by atoms with van der Waals surface area (Å²) in [6.07, 6.45) is 2.79. The molecule has 7 nitrogen and oxygen atoms in total. The van der Waals surface area contributed by atoms with Crippen molar-refractivity contribution < 1.29 is 19.1 Å². The van der Waals surface area contributed by atoms with Gasteiger partial charge in [-0.2, -0.15) is 0 Å². The van der Waals surface area contributed by atoms with Gasteiger partial charge in [0.25, 0.3) is 0 Å². The molecule has 158 valence electrons. The van der Waals surface area contributed by atoms with E-state index in [2.05, 4.69) is 10.6 Å². The lowest BCUT2D eigenvalue weighted by Gasteiger charge is -2.28. The molecule has 1 aliphatic heterocycles. The number of amides is 3. The Balaban J connectivity index is 1.52. The second kappa shape index (κ2) is 10.4. The molecular formula is C23H27N3O4. The van der Waals surface area contributed by atoms with E-state index in [0.29, 0.717) is 30.1 Å². The third-order valence-corrected chi connectivity index (χ3v) is 4.96. The maximum absolute atomic E-state index is 12.3. The SMILES string of the molecule is COc1ccc(NC(=O)CCNC(=O)Cc2ccccc2)cc1N1CCCCC1=O. The van der Waals surface area contributed by atoms with E-state index in [9.17, 15) is 14.4 Å². The minimum atomic E-state index is -0.212. The molecule has 0 radical (unpaired) electrons. The Labute approximate surface area is 176 Å². The molecule has 0 atom stereocenters. The first-order valence-electron chi connectivity index (χ1n) is 10.2. The van der Waals surface area contributed by atoms with E-state index in [4.69, 9.17) is 4.74 Å². The van der Waals surface area contributed by atoms with Crippen LogP contribution in [0.4, 0.5) is 11.4 Å². The number of hydrogen-bond donors (Lipinski definition) is 2. The van der Waals surface area contributed by atoms with E-state index in [1.807, 2.05) is 30.3 Å². The minimum Gasteiger partial charge on any atom is -0.495 e. The second-order valence-corrected chi connectivity index (χ2v) is 7.20. The van der Waals surface area contributed by atoms with Crippen molar-refractivity contribution in [1.82, 2.24) is 5.32 Å². The summed E-state index contributed by atoms with van der Waals surface area (Å²) < 4.78 is 5.39. The predicted octanol–water partition coefficient (Wildman–Crippen LogP) is 2.90. The van der Waals surface area contributed by atoms with E-state index in [1.54, 1.807) is 30.2 Å². The fourth-order valence-electron chi connectivity index (χ4n) is 3.42. The van der Waals surface area contributed by atoms with Crippen LogP contribution in [0.15, 0.2) is 48.5 Å². The molecule has 1 fully saturated rings. The number of nitrogens with zero attached hydrogens (tertiary/aromatic N) is 1. The zero-order valence-electron chi connectivity index (χ0n) is 17.1. The van der Waals surface area contributed by atoms with Gasteiger partial charge in [0.1, 0.15) is 5.75 Å². The van der Waals surface area contributed by atoms with Crippen molar-refractivity contribution in [3.63, 3.8) is 0 Å². The Morgan fingerprint density at radius 2 is 1.87 bits per heavy atom. The summed E-state index contributed by atoms with van der Waals surface area (Å²) in [4.78, 5) is 38.2. The van der Waals surface area contributed by atoms with E-state index >= 15 is 0 Å². The van der Waals surface area contributed by atoms with Crippen LogP contribution in [0.1, 0.15) is 31.2 Å². The number of carbonyl (C=O) groups is 3. The highest BCUT2D eigenvalue weighted by molar-refractivity contribution is 5.97. The Hall–Kier alpha value is -3.35. The number of rotatable bonds is 8. The lowest BCUT2D eigenvalue weighted by Crippen LogP contribution is -2.35. The van der Waals surface area contributed by atoms with E-state index in [1.165, 1.54) is 0 Å². The molecule has 2 aromatic rings. The average Bonchev–Trinajstić information content (AvgIpc) is 2.75. The summed E-state index contributed by atoms with van der Waals surface area (Å²) in [6, 6.07) is 14.7. The first-order valence-corrected chi connectivity index (χ1v) is 10.2. The fourth-order valence-corrected chi connectivity index (χ4v) is 3.42. The largest absolute Gasteiger partial charge is 0.495 e. The van der Waals surface area contributed by atoms with Gasteiger partial charge in [0.05, 0.1) is 19.2 Å². The second-order valence-electron chi connectivity index (χ2n) is 7.20. The van der Waals surface area contributed by atoms with Gasteiger partial charge in [-0.15, -0.1) is 0 Å². The van der Waals surface area contributed by atoms with Crippen LogP contribution in [0.2, 0.25) is 0 Å². The van der Waals surface area contributed by atoms with Crippen molar-refractivity contribution in [3.05, 3.63) is 54.1 Å². The quantitative estimate of drug-likeness (QED) is 0.702. The summed E-state index contributed by atoms with van der Waals surface area (Å²) in [5.74, 6) is 0.320. The normalized spacial score (nSPS) is 13.6. The van der Waals surface area contributed by atoms with Gasteiger partial charge in [-0.3, -0.25) is 14.4 Å². The van der Waals surface area contributed by atoms with Gasteiger partial charge in [0, 0.05) is 31.6 Å². The van der Waals surface area contributed by atoms with E-state index in [0.717, 1.165) is 18.4 Å². The first kappa shape index (κ1) is 21.4. The van der Waals surface area contributed by atoms with Crippen LogP contribution in [0.5, 0.6) is 5.75 Å². The van der Waals surface area contributed by atoms with Crippen LogP contribution < -0.4 is 20.3 Å². The maximum Gasteiger partial charge on any atom is 0.227 e. The number of carbonyl (C=O) groups excluding carboxylic acids is 3. The Kier molecular flexibility index (Phi) is 7.43. The van der Waals surface area contributed by atoms with Gasteiger partial charge in [0.2, 0.25) is 17.7 Å². The number of benzene rings is 2. The molecule has 2 N–H and O–H groups in total. The maximum atomic E-state index is 12.3. The first-order chi connectivity index (χ1) is 14.6. The van der Waals surface area contributed by atoms with Crippen molar-refractivity contribution in [2.24, 2.45) is 0 Å². The van der Waals surface area contributed by atoms with Crippen LogP contribution in [0.25, 0.3) is 0 Å². The molecule has 0 saturated carbocycles. The van der Waals surface area contributed by atoms with Crippen LogP contribution >= 0.6 is 0 Å². The number of methoxy groups -OCH3 is 1. The number of anilines is 2. The summed E-state index contributed by atoms with van der Waals surface area (Å²) in [5.41, 5.74) is 2.18. The molecule has 3 rings (SSSR count). The summed E-state index contributed by atoms with van der Waals surface area (Å²) in [6.45, 7) is 0.894. The monoisotopic (exact) mass is 409 g/mol. The highest BCUT2D eigenvalue weighted by atomic mass is 16.5. The van der Waals surface area contributed by atoms with E-state index in [-0.39, 0.29) is 37.1 Å². The van der Waals surface area contributed by atoms with Crippen LogP contribution in [0, 0.1) is 0 Å². The zero-order chi connectivity index (χ0) is 21.3. The summed E-state index contributed by atoms with van der Waals surface area (Å²) in [5, 5.41) is 5.59. The van der Waals surface area contributed by atoms with Gasteiger partial charge in [-0.05, 0) is 36.6 Å². The molecule has 0 aliphatic carbocycles. The van der Waals surface area contributed by atoms with Crippen molar-refractivity contribution in [2.45, 2.75) is 32.1 Å². The van der Waals surface area contributed by atoms with E-state index < -0.39 is 0 Å². The van der Waals surface area contributed by atoms with Crippen molar-refractivity contribution in [1.29, 1.82) is 0 Å². The molecule has 1 heterocycles. The van der Waals surface area contributed by atoms with Gasteiger partial charge in [0.15, 0.2) is 0 Å². The molecule has 2 aromatic carbocycles. The molecular weight excluding hydrogens is 382 g/mol. The van der Waals surface area contributed by atoms with Gasteiger partial charge >= 0.3 is 0 Å². The Bertz CT molecular complexity index is 899. The van der Waals surface area contributed by atoms with Crippen LogP contribution in [0.3, 0.4) is 0 Å². The van der Waals surface area contributed by atoms with Crippen LogP contribution in [-0.4, -0.2) is 37.9 Å². The number of ether oxygens (including phenoxy) is 1. The topological polar surface area (TPSA) is 87.7 Å². The standard InChI is InChI=1S/C23H27N3O4/c1-30-20-11-10-18(16-19(20)26-14-6-5-9-23(26)29)25-21(27)12-13-24-22(28)15-17-7-3-2-4-8-17/h2-4,7-8,10-11,16H,5-6,9,12-15H2,1H3,(H,24,28)(H,25,27). The lowest BCUT2D eigenvalue weighted by atomic mass is 10.1. The van der Waals surface area contributed by atoms with Gasteiger partial charge in [-0.1, -0.05) is 30.3 Å². The molecule has 0 aromatic heterocycles. The molecule has 0 spiro atoms. The molecule has 0 bridgehead atoms. The third-order valence-electron chi connectivity index (χ3n) is 4.96. The average molecular weight is 409 g/mol. The van der Waals surface area contributed by atoms with Gasteiger partial charge in [-0.25, -0.2) is 0 Å². The number of nitrogens with one attached hydrogen (secondary N) is 2. The predicted molar refractivity (Wildman–Crippen MR) is 116 cm³/mol. The van der Waals surface area contributed by atoms with Crippen LogP contribution in [-0.2, 0) is 20.8 Å². The fraction of sp³-hybridized carbons (Fsp3) is 0.348. The molecule has 30 heavy (non-hydrogen) atoms. The molecule has 1 saturated heterocycles. The Morgan fingerprint density at radius 1 is 1.07 bits per heavy atom. The minimum absolute atomic E-state index is 0.0594. The molecule has 1 aliphatic rings. The van der Waals surface area contributed by atoms with Gasteiger partial charge < -0.3 is 20.3 Å². The summed E-state index contributed by atoms with van der Waals surface area (Å²) in [7, 11) is 1.56. The van der Waals surface area contributed by atoms with Crippen molar-refractivity contribution in [2.75, 3.05) is 30.4 Å².